The van der Waals surface area contributed by atoms with Crippen molar-refractivity contribution in [2.24, 2.45) is 0 Å². The van der Waals surface area contributed by atoms with Crippen LogP contribution >= 0.6 is 23.4 Å². The number of aromatic nitrogens is 2. The Morgan fingerprint density at radius 1 is 1.42 bits per heavy atom. The molecule has 1 fully saturated rings. The van der Waals surface area contributed by atoms with Gasteiger partial charge in [-0.2, -0.15) is 0 Å². The number of rotatable bonds is 7. The van der Waals surface area contributed by atoms with Gasteiger partial charge in [-0.3, -0.25) is 9.59 Å². The summed E-state index contributed by atoms with van der Waals surface area (Å²) in [5.74, 6) is 0.334. The zero-order valence-corrected chi connectivity index (χ0v) is 15.8. The van der Waals surface area contributed by atoms with Gasteiger partial charge < -0.3 is 14.6 Å². The molecular formula is C17H19ClN4O3S. The maximum Gasteiger partial charge on any atom is 0.277 e. The van der Waals surface area contributed by atoms with Crippen molar-refractivity contribution in [1.82, 2.24) is 20.4 Å². The number of nitrogens with one attached hydrogen (secondary N) is 1. The van der Waals surface area contributed by atoms with Crippen LogP contribution in [0, 0.1) is 0 Å². The zero-order chi connectivity index (χ0) is 18.5. The molecule has 1 saturated heterocycles. The van der Waals surface area contributed by atoms with Gasteiger partial charge in [-0.1, -0.05) is 41.6 Å². The molecule has 1 N–H and O–H groups in total. The van der Waals surface area contributed by atoms with E-state index in [1.807, 2.05) is 18.2 Å². The lowest BCUT2D eigenvalue weighted by Gasteiger charge is -2.12. The highest BCUT2D eigenvalue weighted by Crippen LogP contribution is 2.23. The summed E-state index contributed by atoms with van der Waals surface area (Å²) in [4.78, 5) is 25.6. The second kappa shape index (κ2) is 8.55. The van der Waals surface area contributed by atoms with Crippen molar-refractivity contribution in [3.05, 3.63) is 40.7 Å². The van der Waals surface area contributed by atoms with Crippen LogP contribution in [-0.4, -0.2) is 38.7 Å². The Labute approximate surface area is 160 Å². The van der Waals surface area contributed by atoms with Gasteiger partial charge in [0.25, 0.3) is 5.22 Å². The van der Waals surface area contributed by atoms with E-state index in [2.05, 4.69) is 15.5 Å². The molecule has 138 valence electrons. The van der Waals surface area contributed by atoms with Gasteiger partial charge in [0.15, 0.2) is 0 Å². The number of benzene rings is 1. The number of nitrogens with zero attached hydrogens (tertiary/aromatic N) is 3. The van der Waals surface area contributed by atoms with E-state index in [-0.39, 0.29) is 11.8 Å². The topological polar surface area (TPSA) is 88.3 Å². The fourth-order valence-corrected chi connectivity index (χ4v) is 3.48. The summed E-state index contributed by atoms with van der Waals surface area (Å²) in [6, 6.07) is 7.36. The molecular weight excluding hydrogens is 376 g/mol. The maximum absolute atomic E-state index is 12.2. The van der Waals surface area contributed by atoms with Gasteiger partial charge >= 0.3 is 0 Å². The summed E-state index contributed by atoms with van der Waals surface area (Å²) >= 11 is 7.26. The van der Waals surface area contributed by atoms with Gasteiger partial charge in [-0.25, -0.2) is 0 Å². The van der Waals surface area contributed by atoms with Crippen LogP contribution in [0.5, 0.6) is 0 Å². The van der Waals surface area contributed by atoms with Crippen LogP contribution in [-0.2, 0) is 22.7 Å². The molecule has 3 rings (SSSR count). The number of carbonyl (C=O) groups excluding carboxylic acids is 2. The van der Waals surface area contributed by atoms with Crippen molar-refractivity contribution in [3.8, 4) is 0 Å². The molecule has 0 saturated carbocycles. The highest BCUT2D eigenvalue weighted by molar-refractivity contribution is 8.00. The quantitative estimate of drug-likeness (QED) is 0.726. The minimum absolute atomic E-state index is 0.102. The molecule has 9 heteroatoms. The van der Waals surface area contributed by atoms with Crippen LogP contribution in [0.15, 0.2) is 33.9 Å². The Morgan fingerprint density at radius 3 is 2.96 bits per heavy atom. The fraction of sp³-hybridized carbons (Fsp3) is 0.412. The van der Waals surface area contributed by atoms with Crippen LogP contribution in [0.4, 0.5) is 0 Å². The zero-order valence-electron chi connectivity index (χ0n) is 14.3. The molecule has 2 heterocycles. The predicted octanol–water partition coefficient (Wildman–Crippen LogP) is 2.64. The molecule has 0 spiro atoms. The SMILES string of the molecule is CC(Sc1nnc(CN2CCCC2=O)o1)C(=O)NCc1ccccc1Cl. The van der Waals surface area contributed by atoms with Crippen molar-refractivity contribution in [2.75, 3.05) is 6.54 Å². The molecule has 7 nitrogen and oxygen atoms in total. The first kappa shape index (κ1) is 18.7. The lowest BCUT2D eigenvalue weighted by molar-refractivity contribution is -0.128. The van der Waals surface area contributed by atoms with E-state index in [0.717, 1.165) is 12.0 Å². The number of thioether (sulfide) groups is 1. The molecule has 0 bridgehead atoms. The summed E-state index contributed by atoms with van der Waals surface area (Å²) < 4.78 is 5.54. The van der Waals surface area contributed by atoms with E-state index >= 15 is 0 Å². The summed E-state index contributed by atoms with van der Waals surface area (Å²) in [5.41, 5.74) is 0.857. The second-order valence-electron chi connectivity index (χ2n) is 5.95. The molecule has 1 unspecified atom stereocenters. The molecule has 1 aromatic carbocycles. The number of hydrogen-bond donors (Lipinski definition) is 1. The molecule has 26 heavy (non-hydrogen) atoms. The molecule has 0 radical (unpaired) electrons. The molecule has 2 aromatic rings. The first-order valence-corrected chi connectivity index (χ1v) is 9.56. The van der Waals surface area contributed by atoms with Crippen molar-refractivity contribution >= 4 is 35.2 Å². The maximum atomic E-state index is 12.2. The van der Waals surface area contributed by atoms with E-state index in [4.69, 9.17) is 16.0 Å². The van der Waals surface area contributed by atoms with Crippen molar-refractivity contribution < 1.29 is 14.0 Å². The lowest BCUT2D eigenvalue weighted by Crippen LogP contribution is -2.30. The van der Waals surface area contributed by atoms with Gasteiger partial charge in [-0.15, -0.1) is 10.2 Å². The van der Waals surface area contributed by atoms with E-state index in [0.29, 0.717) is 42.2 Å². The second-order valence-corrected chi connectivity index (χ2v) is 7.65. The monoisotopic (exact) mass is 394 g/mol. The Bertz CT molecular complexity index is 798. The van der Waals surface area contributed by atoms with E-state index in [1.165, 1.54) is 11.8 Å². The van der Waals surface area contributed by atoms with Crippen molar-refractivity contribution in [1.29, 1.82) is 0 Å². The minimum Gasteiger partial charge on any atom is -0.414 e. The van der Waals surface area contributed by atoms with E-state index in [9.17, 15) is 9.59 Å². The van der Waals surface area contributed by atoms with Crippen molar-refractivity contribution in [2.45, 2.75) is 43.3 Å². The van der Waals surface area contributed by atoms with Gasteiger partial charge in [0, 0.05) is 24.5 Å². The summed E-state index contributed by atoms with van der Waals surface area (Å²) in [7, 11) is 0. The first-order valence-electron chi connectivity index (χ1n) is 8.31. The summed E-state index contributed by atoms with van der Waals surface area (Å²) in [6.45, 7) is 3.15. The fourth-order valence-electron chi connectivity index (χ4n) is 2.56. The van der Waals surface area contributed by atoms with Crippen molar-refractivity contribution in [3.63, 3.8) is 0 Å². The third-order valence-electron chi connectivity index (χ3n) is 4.00. The Hall–Kier alpha value is -2.06. The van der Waals surface area contributed by atoms with E-state index in [1.54, 1.807) is 17.9 Å². The highest BCUT2D eigenvalue weighted by atomic mass is 35.5. The molecule has 1 aliphatic rings. The largest absolute Gasteiger partial charge is 0.414 e. The van der Waals surface area contributed by atoms with Crippen LogP contribution in [0.3, 0.4) is 0 Å². The average molecular weight is 395 g/mol. The number of halogens is 1. The number of hydrogen-bond acceptors (Lipinski definition) is 6. The highest BCUT2D eigenvalue weighted by Gasteiger charge is 2.23. The third-order valence-corrected chi connectivity index (χ3v) is 5.31. The third kappa shape index (κ3) is 4.76. The first-order chi connectivity index (χ1) is 12.5. The Morgan fingerprint density at radius 2 is 2.23 bits per heavy atom. The lowest BCUT2D eigenvalue weighted by atomic mass is 10.2. The van der Waals surface area contributed by atoms with Crippen LogP contribution < -0.4 is 5.32 Å². The predicted molar refractivity (Wildman–Crippen MR) is 97.6 cm³/mol. The van der Waals surface area contributed by atoms with E-state index < -0.39 is 5.25 Å². The van der Waals surface area contributed by atoms with Gasteiger partial charge in [0.2, 0.25) is 17.7 Å². The van der Waals surface area contributed by atoms with Gasteiger partial charge in [0.05, 0.1) is 11.8 Å². The van der Waals surface area contributed by atoms with Crippen LogP contribution in [0.1, 0.15) is 31.2 Å². The molecule has 1 atom stereocenters. The molecule has 2 amide bonds. The Kier molecular flexibility index (Phi) is 6.16. The summed E-state index contributed by atoms with van der Waals surface area (Å²) in [5, 5.41) is 11.3. The average Bonchev–Trinajstić information content (AvgIpc) is 3.23. The number of likely N-dealkylation sites (tertiary alicyclic amines) is 1. The van der Waals surface area contributed by atoms with Gasteiger partial charge in [0.1, 0.15) is 0 Å². The normalized spacial score (nSPS) is 15.3. The van der Waals surface area contributed by atoms with Crippen LogP contribution in [0.2, 0.25) is 5.02 Å². The molecule has 0 aliphatic carbocycles. The summed E-state index contributed by atoms with van der Waals surface area (Å²) in [6.07, 6.45) is 1.43. The number of amides is 2. The minimum atomic E-state index is -0.404. The molecule has 1 aromatic heterocycles. The standard InChI is InChI=1S/C17H19ClN4O3S/c1-11(16(24)19-9-12-5-2-3-6-13(12)18)26-17-21-20-14(25-17)10-22-8-4-7-15(22)23/h2-3,5-6,11H,4,7-10H2,1H3,(H,19,24). The molecule has 1 aliphatic heterocycles. The number of carbonyl (C=O) groups is 2. The van der Waals surface area contributed by atoms with Crippen LogP contribution in [0.25, 0.3) is 0 Å². The smallest absolute Gasteiger partial charge is 0.277 e. The van der Waals surface area contributed by atoms with Gasteiger partial charge in [-0.05, 0) is 25.0 Å². The Balaban J connectivity index is 1.49.